The zero-order valence-corrected chi connectivity index (χ0v) is 18.2. The lowest BCUT2D eigenvalue weighted by atomic mass is 10.00. The zero-order chi connectivity index (χ0) is 21.3. The lowest BCUT2D eigenvalue weighted by Crippen LogP contribution is -2.04. The zero-order valence-electron chi connectivity index (χ0n) is 16.7. The number of fused-ring (bicyclic) bond motifs is 1. The minimum absolute atomic E-state index is 0.141. The maximum Gasteiger partial charge on any atom is 0.338 e. The molecule has 0 spiro atoms. The summed E-state index contributed by atoms with van der Waals surface area (Å²) >= 11 is 7.68. The maximum absolute atomic E-state index is 13.5. The predicted molar refractivity (Wildman–Crippen MR) is 122 cm³/mol. The normalized spacial score (nSPS) is 11.1. The largest absolute Gasteiger partial charge is 0.462 e. The van der Waals surface area contributed by atoms with Crippen molar-refractivity contribution in [2.24, 2.45) is 0 Å². The Morgan fingerprint density at radius 1 is 1.10 bits per heavy atom. The Hall–Kier alpha value is -2.69. The molecule has 2 nitrogen and oxygen atoms in total. The van der Waals surface area contributed by atoms with Crippen LogP contribution < -0.4 is 0 Å². The average Bonchev–Trinajstić information content (AvgIpc) is 3.06. The number of hydrogen-bond donors (Lipinski definition) is 0. The SMILES string of the molecule is CCOC(=O)c1cccc(-c2cccc3c(C)c(Cc4ccc(F)c(Cl)c4)sc23)c1. The number of thiophene rings is 1. The Balaban J connectivity index is 1.76. The van der Waals surface area contributed by atoms with Gasteiger partial charge in [-0.2, -0.15) is 0 Å². The van der Waals surface area contributed by atoms with Crippen LogP contribution in [0.5, 0.6) is 0 Å². The number of carbonyl (C=O) groups excluding carboxylic acids is 1. The number of esters is 1. The predicted octanol–water partition coefficient (Wildman–Crippen LogP) is 7.44. The van der Waals surface area contributed by atoms with Crippen molar-refractivity contribution >= 4 is 39.0 Å². The number of hydrogen-bond acceptors (Lipinski definition) is 3. The van der Waals surface area contributed by atoms with Gasteiger partial charge in [-0.3, -0.25) is 0 Å². The first kappa shape index (κ1) is 20.6. The molecule has 5 heteroatoms. The Morgan fingerprint density at radius 2 is 1.90 bits per heavy atom. The molecule has 152 valence electrons. The lowest BCUT2D eigenvalue weighted by Gasteiger charge is -2.07. The molecule has 0 aliphatic heterocycles. The molecule has 30 heavy (non-hydrogen) atoms. The van der Waals surface area contributed by atoms with E-state index in [1.165, 1.54) is 26.6 Å². The summed E-state index contributed by atoms with van der Waals surface area (Å²) in [5.41, 5.74) is 4.78. The van der Waals surface area contributed by atoms with Gasteiger partial charge < -0.3 is 4.74 Å². The van der Waals surface area contributed by atoms with Crippen molar-refractivity contribution in [2.45, 2.75) is 20.3 Å². The Morgan fingerprint density at radius 3 is 2.67 bits per heavy atom. The minimum Gasteiger partial charge on any atom is -0.462 e. The molecular weight excluding hydrogens is 419 g/mol. The second-order valence-corrected chi connectivity index (χ2v) is 8.57. The molecule has 4 aromatic rings. The van der Waals surface area contributed by atoms with Crippen molar-refractivity contribution in [2.75, 3.05) is 6.61 Å². The molecule has 1 aromatic heterocycles. The van der Waals surface area contributed by atoms with E-state index in [9.17, 15) is 9.18 Å². The molecular formula is C25H20ClFO2S. The summed E-state index contributed by atoms with van der Waals surface area (Å²) in [6, 6.07) is 18.6. The van der Waals surface area contributed by atoms with E-state index in [1.807, 2.05) is 24.3 Å². The van der Waals surface area contributed by atoms with Crippen LogP contribution in [0.3, 0.4) is 0 Å². The second-order valence-electron chi connectivity index (χ2n) is 7.06. The van der Waals surface area contributed by atoms with E-state index in [2.05, 4.69) is 19.1 Å². The van der Waals surface area contributed by atoms with Gasteiger partial charge in [-0.15, -0.1) is 11.3 Å². The van der Waals surface area contributed by atoms with Gasteiger partial charge in [0.1, 0.15) is 5.82 Å². The van der Waals surface area contributed by atoms with Crippen LogP contribution >= 0.6 is 22.9 Å². The van der Waals surface area contributed by atoms with Crippen LogP contribution in [0.2, 0.25) is 5.02 Å². The monoisotopic (exact) mass is 438 g/mol. The van der Waals surface area contributed by atoms with Gasteiger partial charge in [0.2, 0.25) is 0 Å². The summed E-state index contributed by atoms with van der Waals surface area (Å²) in [6.07, 6.45) is 0.688. The van der Waals surface area contributed by atoms with E-state index in [1.54, 1.807) is 36.5 Å². The standard InChI is InChI=1S/C25H20ClFO2S/c1-3-29-25(28)18-7-4-6-17(14-18)20-9-5-8-19-15(2)23(30-24(19)20)13-16-10-11-22(27)21(26)12-16/h4-12,14H,3,13H2,1-2H3. The molecule has 1 heterocycles. The number of rotatable bonds is 5. The summed E-state index contributed by atoms with van der Waals surface area (Å²) in [4.78, 5) is 13.4. The third kappa shape index (κ3) is 3.98. The van der Waals surface area contributed by atoms with Gasteiger partial charge >= 0.3 is 5.97 Å². The van der Waals surface area contributed by atoms with Crippen molar-refractivity contribution in [1.29, 1.82) is 0 Å². The number of benzene rings is 3. The van der Waals surface area contributed by atoms with E-state index in [0.717, 1.165) is 16.7 Å². The molecule has 0 unspecified atom stereocenters. The Labute approximate surface area is 183 Å². The van der Waals surface area contributed by atoms with Crippen molar-refractivity contribution in [3.63, 3.8) is 0 Å². The van der Waals surface area contributed by atoms with Crippen molar-refractivity contribution in [3.8, 4) is 11.1 Å². The molecule has 3 aromatic carbocycles. The first-order chi connectivity index (χ1) is 14.5. The number of aryl methyl sites for hydroxylation is 1. The molecule has 0 saturated carbocycles. The molecule has 0 radical (unpaired) electrons. The highest BCUT2D eigenvalue weighted by Gasteiger charge is 2.15. The van der Waals surface area contributed by atoms with Gasteiger partial charge in [0.15, 0.2) is 0 Å². The van der Waals surface area contributed by atoms with Gasteiger partial charge in [-0.05, 0) is 65.8 Å². The second kappa shape index (κ2) is 8.58. The van der Waals surface area contributed by atoms with Crippen LogP contribution in [0.25, 0.3) is 21.2 Å². The maximum atomic E-state index is 13.5. The van der Waals surface area contributed by atoms with Crippen LogP contribution in [0.4, 0.5) is 4.39 Å². The molecule has 0 saturated heterocycles. The fourth-order valence-corrected chi connectivity index (χ4v) is 5.13. The third-order valence-electron chi connectivity index (χ3n) is 5.10. The molecule has 0 amide bonds. The Kier molecular flexibility index (Phi) is 5.89. The Bertz CT molecular complexity index is 1250. The first-order valence-electron chi connectivity index (χ1n) is 9.70. The van der Waals surface area contributed by atoms with Crippen molar-refractivity contribution in [1.82, 2.24) is 0 Å². The quantitative estimate of drug-likeness (QED) is 0.303. The summed E-state index contributed by atoms with van der Waals surface area (Å²) in [5, 5.41) is 1.32. The molecule has 4 rings (SSSR count). The summed E-state index contributed by atoms with van der Waals surface area (Å²) in [7, 11) is 0. The minimum atomic E-state index is -0.405. The third-order valence-corrected chi connectivity index (χ3v) is 6.73. The topological polar surface area (TPSA) is 26.3 Å². The van der Waals surface area contributed by atoms with E-state index >= 15 is 0 Å². The number of carbonyl (C=O) groups is 1. The highest BCUT2D eigenvalue weighted by molar-refractivity contribution is 7.19. The molecule has 0 N–H and O–H groups in total. The molecule has 0 bridgehead atoms. The fraction of sp³-hybridized carbons (Fsp3) is 0.160. The van der Waals surface area contributed by atoms with Crippen LogP contribution in [0.1, 0.15) is 33.3 Å². The van der Waals surface area contributed by atoms with Gasteiger partial charge in [0.25, 0.3) is 0 Å². The van der Waals surface area contributed by atoms with Gasteiger partial charge in [0.05, 0.1) is 17.2 Å². The molecule has 0 aliphatic carbocycles. The van der Waals surface area contributed by atoms with E-state index < -0.39 is 5.82 Å². The smallest absolute Gasteiger partial charge is 0.338 e. The van der Waals surface area contributed by atoms with Crippen LogP contribution in [-0.2, 0) is 11.2 Å². The fourth-order valence-electron chi connectivity index (χ4n) is 3.55. The number of ether oxygens (including phenoxy) is 1. The van der Waals surface area contributed by atoms with Gasteiger partial charge in [0, 0.05) is 16.0 Å². The highest BCUT2D eigenvalue weighted by Crippen LogP contribution is 2.39. The average molecular weight is 439 g/mol. The lowest BCUT2D eigenvalue weighted by molar-refractivity contribution is 0.0526. The van der Waals surface area contributed by atoms with Crippen LogP contribution in [0.15, 0.2) is 60.7 Å². The van der Waals surface area contributed by atoms with E-state index in [0.29, 0.717) is 18.6 Å². The van der Waals surface area contributed by atoms with Crippen molar-refractivity contribution < 1.29 is 13.9 Å². The number of halogens is 2. The molecule has 0 fully saturated rings. The van der Waals surface area contributed by atoms with E-state index in [4.69, 9.17) is 16.3 Å². The van der Waals surface area contributed by atoms with Gasteiger partial charge in [-0.25, -0.2) is 9.18 Å². The highest BCUT2D eigenvalue weighted by atomic mass is 35.5. The molecule has 0 atom stereocenters. The molecule has 0 aliphatic rings. The summed E-state index contributed by atoms with van der Waals surface area (Å²) < 4.78 is 19.8. The summed E-state index contributed by atoms with van der Waals surface area (Å²) in [5.74, 6) is -0.722. The summed E-state index contributed by atoms with van der Waals surface area (Å²) in [6.45, 7) is 4.25. The van der Waals surface area contributed by atoms with E-state index in [-0.39, 0.29) is 11.0 Å². The van der Waals surface area contributed by atoms with Crippen LogP contribution in [0, 0.1) is 12.7 Å². The van der Waals surface area contributed by atoms with Crippen molar-refractivity contribution in [3.05, 3.63) is 93.1 Å². The first-order valence-corrected chi connectivity index (χ1v) is 10.9. The van der Waals surface area contributed by atoms with Gasteiger partial charge in [-0.1, -0.05) is 48.0 Å². The van der Waals surface area contributed by atoms with Crippen LogP contribution in [-0.4, -0.2) is 12.6 Å².